The van der Waals surface area contributed by atoms with E-state index in [0.717, 1.165) is 26.3 Å². The van der Waals surface area contributed by atoms with Crippen LogP contribution in [0.5, 0.6) is 0 Å². The molecule has 0 unspecified atom stereocenters. The highest BCUT2D eigenvalue weighted by molar-refractivity contribution is 7.98. The number of thioether (sulfide) groups is 1. The summed E-state index contributed by atoms with van der Waals surface area (Å²) < 4.78 is 0. The first-order valence-corrected chi connectivity index (χ1v) is 7.29. The van der Waals surface area contributed by atoms with Crippen molar-refractivity contribution in [1.82, 2.24) is 0 Å². The summed E-state index contributed by atoms with van der Waals surface area (Å²) in [7, 11) is 0. The predicted octanol–water partition coefficient (Wildman–Crippen LogP) is 4.74. The molecule has 0 saturated carbocycles. The summed E-state index contributed by atoms with van der Waals surface area (Å²) in [5, 5.41) is 1.49. The zero-order valence-corrected chi connectivity index (χ0v) is 12.0. The van der Waals surface area contributed by atoms with Crippen LogP contribution in [-0.4, -0.2) is 0 Å². The van der Waals surface area contributed by atoms with Crippen LogP contribution in [0, 0.1) is 0 Å². The van der Waals surface area contributed by atoms with Gasteiger partial charge in [0, 0.05) is 27.2 Å². The third-order valence-corrected chi connectivity index (χ3v) is 4.36. The van der Waals surface area contributed by atoms with Crippen molar-refractivity contribution in [3.05, 3.63) is 63.6 Å². The Hall–Kier alpha value is -0.670. The van der Waals surface area contributed by atoms with E-state index in [9.17, 15) is 0 Å². The monoisotopic (exact) mass is 297 g/mol. The van der Waals surface area contributed by atoms with Gasteiger partial charge in [0.2, 0.25) is 0 Å². The lowest BCUT2D eigenvalue weighted by Crippen LogP contribution is -1.99. The van der Waals surface area contributed by atoms with Crippen LogP contribution in [0.1, 0.15) is 11.1 Å². The molecule has 94 valence electrons. The fourth-order valence-corrected chi connectivity index (χ4v) is 3.10. The molecular weight excluding hydrogens is 285 g/mol. The number of hydrogen-bond acceptors (Lipinski definition) is 2. The molecule has 2 N–H and O–H groups in total. The quantitative estimate of drug-likeness (QED) is 0.825. The van der Waals surface area contributed by atoms with Gasteiger partial charge in [-0.1, -0.05) is 41.4 Å². The topological polar surface area (TPSA) is 26.0 Å². The van der Waals surface area contributed by atoms with Crippen molar-refractivity contribution in [2.75, 3.05) is 0 Å². The maximum absolute atomic E-state index is 6.12. The van der Waals surface area contributed by atoms with Crippen molar-refractivity contribution in [3.63, 3.8) is 0 Å². The Morgan fingerprint density at radius 2 is 1.72 bits per heavy atom. The van der Waals surface area contributed by atoms with Gasteiger partial charge in [-0.25, -0.2) is 0 Å². The number of rotatable bonds is 4. The van der Waals surface area contributed by atoms with E-state index in [0.29, 0.717) is 6.54 Å². The third kappa shape index (κ3) is 3.42. The van der Waals surface area contributed by atoms with Gasteiger partial charge in [-0.3, -0.25) is 0 Å². The summed E-state index contributed by atoms with van der Waals surface area (Å²) in [5.74, 6) is 0.879. The fourth-order valence-electron chi connectivity index (χ4n) is 1.61. The molecule has 1 nitrogen and oxygen atoms in total. The van der Waals surface area contributed by atoms with Crippen molar-refractivity contribution < 1.29 is 0 Å². The minimum absolute atomic E-state index is 0.461. The minimum atomic E-state index is 0.461. The van der Waals surface area contributed by atoms with E-state index in [-0.39, 0.29) is 0 Å². The summed E-state index contributed by atoms with van der Waals surface area (Å²) in [5.41, 5.74) is 7.97. The third-order valence-electron chi connectivity index (χ3n) is 2.59. The van der Waals surface area contributed by atoms with Gasteiger partial charge in [-0.15, -0.1) is 11.8 Å². The van der Waals surface area contributed by atoms with Gasteiger partial charge < -0.3 is 5.73 Å². The van der Waals surface area contributed by atoms with E-state index in [1.807, 2.05) is 36.4 Å². The summed E-state index contributed by atoms with van der Waals surface area (Å²) in [4.78, 5) is 1.14. The van der Waals surface area contributed by atoms with Crippen LogP contribution < -0.4 is 5.73 Å². The molecule has 0 saturated heterocycles. The smallest absolute Gasteiger partial charge is 0.0462 e. The second-order valence-electron chi connectivity index (χ2n) is 3.84. The maximum atomic E-state index is 6.12. The predicted molar refractivity (Wildman–Crippen MR) is 80.4 cm³/mol. The summed E-state index contributed by atoms with van der Waals surface area (Å²) in [6.07, 6.45) is 0. The molecule has 4 heteroatoms. The second kappa shape index (κ2) is 6.48. The maximum Gasteiger partial charge on any atom is 0.0462 e. The van der Waals surface area contributed by atoms with Gasteiger partial charge in [0.15, 0.2) is 0 Å². The molecule has 0 atom stereocenters. The summed E-state index contributed by atoms with van der Waals surface area (Å²) in [6, 6.07) is 13.7. The lowest BCUT2D eigenvalue weighted by atomic mass is 10.2. The zero-order valence-electron chi connectivity index (χ0n) is 9.70. The molecule has 0 spiro atoms. The highest BCUT2D eigenvalue weighted by atomic mass is 35.5. The molecule has 0 fully saturated rings. The minimum Gasteiger partial charge on any atom is -0.326 e. The Morgan fingerprint density at radius 3 is 2.39 bits per heavy atom. The summed E-state index contributed by atoms with van der Waals surface area (Å²) >= 11 is 13.7. The summed E-state index contributed by atoms with van der Waals surface area (Å²) in [6.45, 7) is 0.461. The largest absolute Gasteiger partial charge is 0.326 e. The van der Waals surface area contributed by atoms with Crippen molar-refractivity contribution >= 4 is 35.0 Å². The fraction of sp³-hybridized carbons (Fsp3) is 0.143. The van der Waals surface area contributed by atoms with E-state index >= 15 is 0 Å². The van der Waals surface area contributed by atoms with Crippen LogP contribution in [-0.2, 0) is 12.3 Å². The molecular formula is C14H13Cl2NS. The molecule has 0 aliphatic rings. The van der Waals surface area contributed by atoms with Crippen LogP contribution in [0.25, 0.3) is 0 Å². The molecule has 0 heterocycles. The first kappa shape index (κ1) is 13.8. The first-order chi connectivity index (χ1) is 8.70. The highest BCUT2D eigenvalue weighted by Crippen LogP contribution is 2.30. The zero-order chi connectivity index (χ0) is 13.0. The SMILES string of the molecule is NCc1c(Cl)cccc1SCc1ccc(Cl)cc1. The van der Waals surface area contributed by atoms with Crippen LogP contribution in [0.4, 0.5) is 0 Å². The molecule has 0 aromatic heterocycles. The average Bonchev–Trinajstić information content (AvgIpc) is 2.38. The first-order valence-electron chi connectivity index (χ1n) is 5.55. The number of benzene rings is 2. The molecule has 18 heavy (non-hydrogen) atoms. The Bertz CT molecular complexity index is 526. The van der Waals surface area contributed by atoms with Crippen LogP contribution >= 0.6 is 35.0 Å². The highest BCUT2D eigenvalue weighted by Gasteiger charge is 2.06. The van der Waals surface area contributed by atoms with Crippen LogP contribution in [0.15, 0.2) is 47.4 Å². The van der Waals surface area contributed by atoms with Gasteiger partial charge in [-0.2, -0.15) is 0 Å². The van der Waals surface area contributed by atoms with Gasteiger partial charge in [0.1, 0.15) is 0 Å². The van der Waals surface area contributed by atoms with Gasteiger partial charge >= 0.3 is 0 Å². The molecule has 0 amide bonds. The second-order valence-corrected chi connectivity index (χ2v) is 5.70. The molecule has 0 bridgehead atoms. The van der Waals surface area contributed by atoms with E-state index in [2.05, 4.69) is 6.07 Å². The number of nitrogens with two attached hydrogens (primary N) is 1. The Labute approximate surface area is 121 Å². The Kier molecular flexibility index (Phi) is 4.95. The van der Waals surface area contributed by atoms with E-state index < -0.39 is 0 Å². The lowest BCUT2D eigenvalue weighted by Gasteiger charge is -2.09. The average molecular weight is 298 g/mol. The standard InChI is InChI=1S/C14H13Cl2NS/c15-11-6-4-10(5-7-11)9-18-14-3-1-2-13(16)12(14)8-17/h1-7H,8-9,17H2. The van der Waals surface area contributed by atoms with Crippen molar-refractivity contribution in [2.24, 2.45) is 5.73 Å². The van der Waals surface area contributed by atoms with Crippen LogP contribution in [0.3, 0.4) is 0 Å². The molecule has 0 aliphatic carbocycles. The van der Waals surface area contributed by atoms with Gasteiger partial charge in [0.05, 0.1) is 0 Å². The molecule has 2 aromatic carbocycles. The number of halogens is 2. The van der Waals surface area contributed by atoms with Crippen molar-refractivity contribution in [3.8, 4) is 0 Å². The molecule has 0 aliphatic heterocycles. The number of hydrogen-bond donors (Lipinski definition) is 1. The van der Waals surface area contributed by atoms with E-state index in [1.165, 1.54) is 5.56 Å². The van der Waals surface area contributed by atoms with Crippen molar-refractivity contribution in [1.29, 1.82) is 0 Å². The Morgan fingerprint density at radius 1 is 1.00 bits per heavy atom. The normalized spacial score (nSPS) is 10.6. The lowest BCUT2D eigenvalue weighted by molar-refractivity contribution is 1.03. The van der Waals surface area contributed by atoms with Gasteiger partial charge in [0.25, 0.3) is 0 Å². The van der Waals surface area contributed by atoms with Crippen molar-refractivity contribution in [2.45, 2.75) is 17.2 Å². The Balaban J connectivity index is 2.10. The van der Waals surface area contributed by atoms with E-state index in [4.69, 9.17) is 28.9 Å². The van der Waals surface area contributed by atoms with Crippen LogP contribution in [0.2, 0.25) is 10.0 Å². The molecule has 0 radical (unpaired) electrons. The van der Waals surface area contributed by atoms with Gasteiger partial charge in [-0.05, 0) is 35.4 Å². The van der Waals surface area contributed by atoms with E-state index in [1.54, 1.807) is 11.8 Å². The molecule has 2 rings (SSSR count). The molecule has 2 aromatic rings.